The molecule has 134 valence electrons. The lowest BCUT2D eigenvalue weighted by Gasteiger charge is -2.38. The highest BCUT2D eigenvalue weighted by Gasteiger charge is 2.43. The van der Waals surface area contributed by atoms with Gasteiger partial charge in [0.25, 0.3) is 0 Å². The summed E-state index contributed by atoms with van der Waals surface area (Å²) in [4.78, 5) is 13.3. The molecule has 0 unspecified atom stereocenters. The molecular formula is C16H27N5O2S. The van der Waals surface area contributed by atoms with Crippen LogP contribution < -0.4 is 15.1 Å². The molecule has 1 aromatic rings. The van der Waals surface area contributed by atoms with Gasteiger partial charge in [-0.25, -0.2) is 13.4 Å². The maximum Gasteiger partial charge on any atom is 0.226 e. The second-order valence-corrected chi connectivity index (χ2v) is 9.37. The van der Waals surface area contributed by atoms with Crippen molar-refractivity contribution in [2.24, 2.45) is 5.92 Å². The highest BCUT2D eigenvalue weighted by atomic mass is 32.2. The van der Waals surface area contributed by atoms with Crippen LogP contribution in [0.2, 0.25) is 0 Å². The Hall–Kier alpha value is -1.41. The molecule has 24 heavy (non-hydrogen) atoms. The van der Waals surface area contributed by atoms with Gasteiger partial charge in [-0.1, -0.05) is 13.8 Å². The van der Waals surface area contributed by atoms with E-state index < -0.39 is 9.84 Å². The summed E-state index contributed by atoms with van der Waals surface area (Å²) in [5, 5.41) is 3.33. The van der Waals surface area contributed by atoms with Gasteiger partial charge in [-0.15, -0.1) is 0 Å². The lowest BCUT2D eigenvalue weighted by Crippen LogP contribution is -2.57. The highest BCUT2D eigenvalue weighted by Crippen LogP contribution is 2.26. The van der Waals surface area contributed by atoms with E-state index in [9.17, 15) is 8.42 Å². The molecule has 2 aliphatic heterocycles. The predicted octanol–water partition coefficient (Wildman–Crippen LogP) is 0.534. The van der Waals surface area contributed by atoms with Crippen LogP contribution in [0.15, 0.2) is 12.3 Å². The quantitative estimate of drug-likeness (QED) is 0.827. The molecule has 0 amide bonds. The van der Waals surface area contributed by atoms with Crippen molar-refractivity contribution in [2.45, 2.75) is 32.4 Å². The molecule has 0 aliphatic carbocycles. The Morgan fingerprint density at radius 2 is 2.21 bits per heavy atom. The van der Waals surface area contributed by atoms with Crippen LogP contribution in [0, 0.1) is 5.92 Å². The Morgan fingerprint density at radius 1 is 1.42 bits per heavy atom. The topological polar surface area (TPSA) is 78.4 Å². The molecule has 3 heterocycles. The van der Waals surface area contributed by atoms with Crippen molar-refractivity contribution >= 4 is 21.6 Å². The number of fused-ring (bicyclic) bond motifs is 1. The summed E-state index contributed by atoms with van der Waals surface area (Å²) in [6.07, 6.45) is 2.85. The van der Waals surface area contributed by atoms with Gasteiger partial charge >= 0.3 is 0 Å². The molecule has 0 radical (unpaired) electrons. The van der Waals surface area contributed by atoms with E-state index in [0.29, 0.717) is 11.9 Å². The molecule has 2 fully saturated rings. The third kappa shape index (κ3) is 3.80. The van der Waals surface area contributed by atoms with Crippen LogP contribution in [-0.4, -0.2) is 68.7 Å². The number of nitrogens with one attached hydrogen (secondary N) is 1. The van der Waals surface area contributed by atoms with Gasteiger partial charge in [0.15, 0.2) is 9.84 Å². The van der Waals surface area contributed by atoms with Gasteiger partial charge in [0.05, 0.1) is 17.5 Å². The first-order valence-electron chi connectivity index (χ1n) is 8.60. The van der Waals surface area contributed by atoms with Gasteiger partial charge in [0.2, 0.25) is 5.95 Å². The summed E-state index contributed by atoms with van der Waals surface area (Å²) in [6, 6.07) is 1.85. The summed E-state index contributed by atoms with van der Waals surface area (Å²) in [5.74, 6) is 2.58. The third-order valence-electron chi connectivity index (χ3n) is 4.79. The number of hydrogen-bond acceptors (Lipinski definition) is 7. The van der Waals surface area contributed by atoms with Crippen LogP contribution in [0.3, 0.4) is 0 Å². The summed E-state index contributed by atoms with van der Waals surface area (Å²) in [7, 11) is -0.970. The zero-order chi connectivity index (χ0) is 17.3. The molecule has 8 heteroatoms. The van der Waals surface area contributed by atoms with Gasteiger partial charge < -0.3 is 15.1 Å². The number of piperazine rings is 1. The number of sulfone groups is 1. The second kappa shape index (κ2) is 6.84. The number of aromatic nitrogens is 2. The van der Waals surface area contributed by atoms with E-state index in [4.69, 9.17) is 4.98 Å². The number of rotatable bonds is 5. The Morgan fingerprint density at radius 3 is 2.96 bits per heavy atom. The maximum atomic E-state index is 12.0. The Kier molecular flexibility index (Phi) is 4.96. The van der Waals surface area contributed by atoms with Crippen LogP contribution in [0.1, 0.15) is 20.3 Å². The molecular weight excluding hydrogens is 326 g/mol. The average Bonchev–Trinajstić information content (AvgIpc) is 2.86. The zero-order valence-corrected chi connectivity index (χ0v) is 15.5. The van der Waals surface area contributed by atoms with Gasteiger partial charge in [-0.2, -0.15) is 4.98 Å². The molecule has 2 aliphatic rings. The van der Waals surface area contributed by atoms with E-state index in [-0.39, 0.29) is 23.6 Å². The Balaban J connectivity index is 1.78. The van der Waals surface area contributed by atoms with E-state index >= 15 is 0 Å². The molecule has 0 spiro atoms. The first kappa shape index (κ1) is 17.4. The molecule has 7 nitrogen and oxygen atoms in total. The lowest BCUT2D eigenvalue weighted by molar-refractivity contribution is 0.422. The first-order chi connectivity index (χ1) is 11.4. The molecule has 3 rings (SSSR count). The fourth-order valence-electron chi connectivity index (χ4n) is 3.39. The number of anilines is 2. The Labute approximate surface area is 144 Å². The standard InChI is InChI=1S/C16H27N5O2S/c1-12(2)5-8-20(3)16-18-6-4-15(19-16)21-9-7-17-13-10-24(22,23)11-14(13)21/h4,6,12-14,17H,5,7-11H2,1-3H3/t13-,14+/m1/s1. The van der Waals surface area contributed by atoms with E-state index in [1.807, 2.05) is 13.1 Å². The smallest absolute Gasteiger partial charge is 0.226 e. The van der Waals surface area contributed by atoms with E-state index in [0.717, 1.165) is 31.9 Å². The first-order valence-corrected chi connectivity index (χ1v) is 10.4. The SMILES string of the molecule is CC(C)CCN(C)c1nccc(N2CCN[C@@H]3CS(=O)(=O)C[C@@H]32)n1. The summed E-state index contributed by atoms with van der Waals surface area (Å²) in [5.41, 5.74) is 0. The molecule has 2 atom stereocenters. The largest absolute Gasteiger partial charge is 0.350 e. The normalized spacial score (nSPS) is 25.8. The van der Waals surface area contributed by atoms with Crippen molar-refractivity contribution in [2.75, 3.05) is 48.0 Å². The van der Waals surface area contributed by atoms with Crippen molar-refractivity contribution in [3.63, 3.8) is 0 Å². The summed E-state index contributed by atoms with van der Waals surface area (Å²) < 4.78 is 24.0. The fourth-order valence-corrected chi connectivity index (χ4v) is 5.34. The molecule has 0 aromatic carbocycles. The van der Waals surface area contributed by atoms with Crippen LogP contribution in [0.25, 0.3) is 0 Å². The molecule has 2 saturated heterocycles. The van der Waals surface area contributed by atoms with Crippen LogP contribution in [-0.2, 0) is 9.84 Å². The third-order valence-corrected chi connectivity index (χ3v) is 6.50. The van der Waals surface area contributed by atoms with Crippen molar-refractivity contribution in [3.8, 4) is 0 Å². The van der Waals surface area contributed by atoms with Crippen molar-refractivity contribution in [3.05, 3.63) is 12.3 Å². The molecule has 1 aromatic heterocycles. The van der Waals surface area contributed by atoms with Gasteiger partial charge in [0, 0.05) is 38.9 Å². The highest BCUT2D eigenvalue weighted by molar-refractivity contribution is 7.91. The molecule has 0 bridgehead atoms. The summed E-state index contributed by atoms with van der Waals surface area (Å²) in [6.45, 7) is 6.85. The zero-order valence-electron chi connectivity index (χ0n) is 14.6. The van der Waals surface area contributed by atoms with Crippen LogP contribution in [0.5, 0.6) is 0 Å². The van der Waals surface area contributed by atoms with Gasteiger partial charge in [-0.05, 0) is 18.4 Å². The van der Waals surface area contributed by atoms with Gasteiger partial charge in [-0.3, -0.25) is 0 Å². The average molecular weight is 353 g/mol. The lowest BCUT2D eigenvalue weighted by atomic mass is 10.1. The number of hydrogen-bond donors (Lipinski definition) is 1. The number of nitrogens with zero attached hydrogens (tertiary/aromatic N) is 4. The maximum absolute atomic E-state index is 12.0. The van der Waals surface area contributed by atoms with Crippen LogP contribution >= 0.6 is 0 Å². The predicted molar refractivity (Wildman–Crippen MR) is 96.3 cm³/mol. The van der Waals surface area contributed by atoms with Crippen molar-refractivity contribution in [1.82, 2.24) is 15.3 Å². The minimum atomic E-state index is -2.97. The van der Waals surface area contributed by atoms with Crippen LogP contribution in [0.4, 0.5) is 11.8 Å². The monoisotopic (exact) mass is 353 g/mol. The van der Waals surface area contributed by atoms with Crippen molar-refractivity contribution < 1.29 is 8.42 Å². The second-order valence-electron chi connectivity index (χ2n) is 7.22. The molecule has 0 saturated carbocycles. The Bertz CT molecular complexity index is 679. The minimum Gasteiger partial charge on any atom is -0.350 e. The van der Waals surface area contributed by atoms with E-state index in [1.165, 1.54) is 0 Å². The summed E-state index contributed by atoms with van der Waals surface area (Å²) >= 11 is 0. The molecule has 1 N–H and O–H groups in total. The fraction of sp³-hybridized carbons (Fsp3) is 0.750. The van der Waals surface area contributed by atoms with E-state index in [2.05, 4.69) is 33.9 Å². The minimum absolute atomic E-state index is 0.000774. The van der Waals surface area contributed by atoms with Crippen molar-refractivity contribution in [1.29, 1.82) is 0 Å². The van der Waals surface area contributed by atoms with Gasteiger partial charge in [0.1, 0.15) is 5.82 Å². The van der Waals surface area contributed by atoms with E-state index in [1.54, 1.807) is 6.20 Å².